The van der Waals surface area contributed by atoms with Crippen molar-refractivity contribution in [3.05, 3.63) is 124 Å². The average molecular weight is 526 g/mol. The Labute approximate surface area is 213 Å². The number of anilines is 2. The fourth-order valence-corrected chi connectivity index (χ4v) is 5.36. The lowest BCUT2D eigenvalue weighted by Gasteiger charge is -2.37. The molecule has 6 heteroatoms. The molecule has 35 heavy (non-hydrogen) atoms. The van der Waals surface area contributed by atoms with Gasteiger partial charge in [0.1, 0.15) is 5.75 Å². The summed E-state index contributed by atoms with van der Waals surface area (Å²) in [6.45, 7) is 0. The number of hydrogen-bond donors (Lipinski definition) is 1. The lowest BCUT2D eigenvalue weighted by molar-refractivity contribution is -0.0308. The van der Waals surface area contributed by atoms with E-state index in [0.717, 1.165) is 44.1 Å². The predicted molar refractivity (Wildman–Crippen MR) is 143 cm³/mol. The van der Waals surface area contributed by atoms with Crippen LogP contribution in [0.15, 0.2) is 113 Å². The van der Waals surface area contributed by atoms with Gasteiger partial charge in [0.2, 0.25) is 5.72 Å². The molecule has 0 saturated heterocycles. The average Bonchev–Trinajstić information content (AvgIpc) is 3.22. The number of fused-ring (bicyclic) bond motifs is 3. The highest BCUT2D eigenvalue weighted by molar-refractivity contribution is 9.10. The molecule has 0 aromatic heterocycles. The molecule has 174 valence electrons. The molecule has 1 N–H and O–H groups in total. The molecule has 5 nitrogen and oxygen atoms in total. The summed E-state index contributed by atoms with van der Waals surface area (Å²) in [5, 5.41) is 8.50. The van der Waals surface area contributed by atoms with Gasteiger partial charge in [-0.05, 0) is 42.0 Å². The maximum absolute atomic E-state index is 6.50. The van der Waals surface area contributed by atoms with Gasteiger partial charge in [-0.3, -0.25) is 4.90 Å². The summed E-state index contributed by atoms with van der Waals surface area (Å²) < 4.78 is 6.39. The summed E-state index contributed by atoms with van der Waals surface area (Å²) in [4.78, 5) is 8.75. The van der Waals surface area contributed by atoms with Crippen molar-refractivity contribution in [1.29, 1.82) is 0 Å². The van der Waals surface area contributed by atoms with Gasteiger partial charge in [-0.1, -0.05) is 87.8 Å². The summed E-state index contributed by atoms with van der Waals surface area (Å²) in [5.74, 6) is 1.61. The molecule has 0 fully saturated rings. The number of halogens is 1. The number of benzene rings is 4. The minimum absolute atomic E-state index is 0.0238. The highest BCUT2D eigenvalue weighted by Crippen LogP contribution is 2.51. The van der Waals surface area contributed by atoms with Crippen molar-refractivity contribution in [3.8, 4) is 5.75 Å². The first-order valence-electron chi connectivity index (χ1n) is 11.6. The van der Waals surface area contributed by atoms with Crippen LogP contribution in [0.3, 0.4) is 0 Å². The first kappa shape index (κ1) is 21.7. The minimum atomic E-state index is -0.830. The van der Waals surface area contributed by atoms with Gasteiger partial charge in [0, 0.05) is 22.0 Å². The monoisotopic (exact) mass is 525 g/mol. The Morgan fingerprint density at radius 2 is 1.71 bits per heavy atom. The van der Waals surface area contributed by atoms with Crippen LogP contribution in [0, 0.1) is 0 Å². The van der Waals surface area contributed by atoms with Crippen molar-refractivity contribution < 1.29 is 9.57 Å². The lowest BCUT2D eigenvalue weighted by Crippen LogP contribution is -2.47. The number of nitrogens with zero attached hydrogens (tertiary/aromatic N) is 2. The van der Waals surface area contributed by atoms with Gasteiger partial charge < -0.3 is 14.9 Å². The van der Waals surface area contributed by atoms with Crippen LogP contribution in [0.2, 0.25) is 0 Å². The first-order chi connectivity index (χ1) is 17.2. The van der Waals surface area contributed by atoms with Gasteiger partial charge in [-0.2, -0.15) is 0 Å². The Kier molecular flexibility index (Phi) is 5.46. The molecule has 0 spiro atoms. The number of ether oxygens (including phenoxy) is 1. The molecule has 0 aliphatic carbocycles. The van der Waals surface area contributed by atoms with Crippen LogP contribution in [0.5, 0.6) is 5.75 Å². The number of amidine groups is 1. The summed E-state index contributed by atoms with van der Waals surface area (Å²) in [6.07, 6.45) is 0.638. The van der Waals surface area contributed by atoms with E-state index in [4.69, 9.17) is 14.7 Å². The Hall–Kier alpha value is -3.77. The van der Waals surface area contributed by atoms with Crippen LogP contribution in [0.4, 0.5) is 11.4 Å². The topological polar surface area (TPSA) is 46.1 Å². The summed E-state index contributed by atoms with van der Waals surface area (Å²) in [5.41, 5.74) is 4.39. The largest absolute Gasteiger partial charge is 0.497 e. The van der Waals surface area contributed by atoms with E-state index >= 15 is 0 Å². The van der Waals surface area contributed by atoms with Gasteiger partial charge in [0.05, 0.1) is 24.5 Å². The quantitative estimate of drug-likeness (QED) is 0.309. The third kappa shape index (κ3) is 3.74. The number of oxime groups is 1. The van der Waals surface area contributed by atoms with Crippen LogP contribution < -0.4 is 15.0 Å². The summed E-state index contributed by atoms with van der Waals surface area (Å²) in [6, 6.07) is 35.1. The smallest absolute Gasteiger partial charge is 0.243 e. The lowest BCUT2D eigenvalue weighted by atomic mass is 9.90. The van der Waals surface area contributed by atoms with Gasteiger partial charge in [0.15, 0.2) is 5.84 Å². The Balaban J connectivity index is 1.55. The standard InChI is InChI=1S/C29H24BrN3O2/c1-34-24-16-14-20(15-17-24)26-19-29(22-9-3-2-4-10-22)33(27-13-6-5-12-25(27)31-26)28(32-35-29)21-8-7-11-23(30)18-21/h2-18,26,31H,19H2,1H3/t26-,29-/m0/s1. The van der Waals surface area contributed by atoms with Gasteiger partial charge in [-0.25, -0.2) is 0 Å². The molecule has 2 atom stereocenters. The van der Waals surface area contributed by atoms with Crippen LogP contribution in [0.25, 0.3) is 0 Å². The fraction of sp³-hybridized carbons (Fsp3) is 0.138. The Bertz CT molecular complexity index is 1390. The molecule has 4 aromatic carbocycles. The van der Waals surface area contributed by atoms with E-state index in [0.29, 0.717) is 6.42 Å². The number of para-hydroxylation sites is 2. The van der Waals surface area contributed by atoms with Crippen molar-refractivity contribution in [2.75, 3.05) is 17.3 Å². The van der Waals surface area contributed by atoms with Crippen LogP contribution in [0.1, 0.15) is 29.2 Å². The van der Waals surface area contributed by atoms with Crippen LogP contribution >= 0.6 is 15.9 Å². The third-order valence-corrected chi connectivity index (χ3v) is 7.13. The SMILES string of the molecule is COc1ccc([C@@H]2C[C@@]3(c4ccccc4)ON=C(c4cccc(Br)c4)N3c3ccccc3N2)cc1. The zero-order valence-corrected chi connectivity index (χ0v) is 20.8. The van der Waals surface area contributed by atoms with Gasteiger partial charge in [-0.15, -0.1) is 0 Å². The van der Waals surface area contributed by atoms with Crippen molar-refractivity contribution in [1.82, 2.24) is 0 Å². The second kappa shape index (κ2) is 8.78. The normalized spacial score (nSPS) is 20.6. The maximum atomic E-state index is 6.50. The molecule has 0 bridgehead atoms. The molecular weight excluding hydrogens is 502 g/mol. The molecule has 6 rings (SSSR count). The number of hydrogen-bond acceptors (Lipinski definition) is 5. The van der Waals surface area contributed by atoms with E-state index in [-0.39, 0.29) is 6.04 Å². The van der Waals surface area contributed by atoms with Crippen molar-refractivity contribution in [3.63, 3.8) is 0 Å². The molecule has 0 radical (unpaired) electrons. The van der Waals surface area contributed by atoms with E-state index in [1.54, 1.807) is 7.11 Å². The molecule has 0 amide bonds. The van der Waals surface area contributed by atoms with Crippen LogP contribution in [-0.4, -0.2) is 12.9 Å². The van der Waals surface area contributed by atoms with Gasteiger partial charge >= 0.3 is 0 Å². The number of nitrogens with one attached hydrogen (secondary N) is 1. The van der Waals surface area contributed by atoms with Crippen LogP contribution in [-0.2, 0) is 10.6 Å². The molecule has 2 heterocycles. The zero-order valence-electron chi connectivity index (χ0n) is 19.2. The molecular formula is C29H24BrN3O2. The van der Waals surface area contributed by atoms with E-state index in [1.165, 1.54) is 0 Å². The number of rotatable bonds is 4. The summed E-state index contributed by atoms with van der Waals surface area (Å²) in [7, 11) is 1.69. The predicted octanol–water partition coefficient (Wildman–Crippen LogP) is 7.07. The first-order valence-corrected chi connectivity index (χ1v) is 12.3. The second-order valence-electron chi connectivity index (χ2n) is 8.69. The minimum Gasteiger partial charge on any atom is -0.497 e. The van der Waals surface area contributed by atoms with Crippen molar-refractivity contribution in [2.24, 2.45) is 5.16 Å². The molecule has 0 unspecified atom stereocenters. The molecule has 0 saturated carbocycles. The van der Waals surface area contributed by atoms with E-state index in [1.807, 2.05) is 30.3 Å². The van der Waals surface area contributed by atoms with Crippen molar-refractivity contribution in [2.45, 2.75) is 18.2 Å². The third-order valence-electron chi connectivity index (χ3n) is 6.64. The maximum Gasteiger partial charge on any atom is 0.243 e. The Morgan fingerprint density at radius 3 is 2.49 bits per heavy atom. The summed E-state index contributed by atoms with van der Waals surface area (Å²) >= 11 is 3.62. The van der Waals surface area contributed by atoms with E-state index in [2.05, 4.69) is 98.9 Å². The molecule has 2 aliphatic rings. The molecule has 4 aromatic rings. The second-order valence-corrected chi connectivity index (χ2v) is 9.61. The van der Waals surface area contributed by atoms with E-state index in [9.17, 15) is 0 Å². The molecule has 2 aliphatic heterocycles. The Morgan fingerprint density at radius 1 is 0.943 bits per heavy atom. The highest BCUT2D eigenvalue weighted by atomic mass is 79.9. The van der Waals surface area contributed by atoms with E-state index < -0.39 is 5.72 Å². The zero-order chi connectivity index (χ0) is 23.8. The highest BCUT2D eigenvalue weighted by Gasteiger charge is 2.52. The fourth-order valence-electron chi connectivity index (χ4n) is 4.96. The van der Waals surface area contributed by atoms with Gasteiger partial charge in [0.25, 0.3) is 0 Å². The van der Waals surface area contributed by atoms with Crippen molar-refractivity contribution >= 4 is 33.1 Å². The number of methoxy groups -OCH3 is 1.